The van der Waals surface area contributed by atoms with E-state index in [-0.39, 0.29) is 11.6 Å². The number of carbonyl (C=O) groups excluding carboxylic acids is 1. The highest BCUT2D eigenvalue weighted by atomic mass is 32.2. The molecule has 1 aliphatic rings. The molecule has 3 rings (SSSR count). The molecule has 7 heteroatoms. The summed E-state index contributed by atoms with van der Waals surface area (Å²) >= 11 is 1.42. The van der Waals surface area contributed by atoms with E-state index in [9.17, 15) is 9.59 Å². The average molecular weight is 289 g/mol. The van der Waals surface area contributed by atoms with Crippen molar-refractivity contribution in [2.24, 2.45) is 0 Å². The van der Waals surface area contributed by atoms with E-state index in [1.165, 1.54) is 22.9 Å². The molecular weight excluding hydrogens is 278 g/mol. The molecule has 1 aromatic heterocycles. The molecule has 1 saturated heterocycles. The van der Waals surface area contributed by atoms with Crippen molar-refractivity contribution in [3.05, 3.63) is 36.2 Å². The van der Waals surface area contributed by atoms with Crippen molar-refractivity contribution in [2.45, 2.75) is 6.04 Å². The number of carboxylic acid groups (broad SMARTS) is 1. The molecule has 0 saturated carbocycles. The van der Waals surface area contributed by atoms with Crippen LogP contribution in [0.1, 0.15) is 10.5 Å². The van der Waals surface area contributed by atoms with Gasteiger partial charge in [-0.25, -0.2) is 9.78 Å². The first-order valence-electron chi connectivity index (χ1n) is 6.00. The van der Waals surface area contributed by atoms with Gasteiger partial charge in [-0.3, -0.25) is 9.78 Å². The van der Waals surface area contributed by atoms with Gasteiger partial charge in [0.05, 0.1) is 23.1 Å². The molecule has 2 aromatic rings. The van der Waals surface area contributed by atoms with Gasteiger partial charge in [0.25, 0.3) is 5.91 Å². The Bertz CT molecular complexity index is 691. The lowest BCUT2D eigenvalue weighted by atomic mass is 10.2. The molecule has 0 radical (unpaired) electrons. The molecule has 0 unspecified atom stereocenters. The van der Waals surface area contributed by atoms with Crippen molar-refractivity contribution in [3.63, 3.8) is 0 Å². The van der Waals surface area contributed by atoms with Crippen LogP contribution in [0.2, 0.25) is 0 Å². The number of benzene rings is 1. The van der Waals surface area contributed by atoms with Gasteiger partial charge in [0.1, 0.15) is 11.7 Å². The Hall–Kier alpha value is -2.15. The molecular formula is C13H11N3O3S. The maximum atomic E-state index is 12.4. The molecule has 6 nitrogen and oxygen atoms in total. The van der Waals surface area contributed by atoms with Gasteiger partial charge in [0.2, 0.25) is 0 Å². The quantitative estimate of drug-likeness (QED) is 0.895. The first-order valence-corrected chi connectivity index (χ1v) is 7.15. The van der Waals surface area contributed by atoms with E-state index < -0.39 is 12.0 Å². The summed E-state index contributed by atoms with van der Waals surface area (Å²) in [6.07, 6.45) is 1.40. The van der Waals surface area contributed by atoms with Gasteiger partial charge in [-0.2, -0.15) is 0 Å². The summed E-state index contributed by atoms with van der Waals surface area (Å²) in [6, 6.07) is 6.45. The number of aromatic nitrogens is 2. The molecule has 1 N–H and O–H groups in total. The molecule has 1 aromatic carbocycles. The fourth-order valence-electron chi connectivity index (χ4n) is 2.05. The summed E-state index contributed by atoms with van der Waals surface area (Å²) < 4.78 is 0. The molecule has 0 aliphatic carbocycles. The third-order valence-electron chi connectivity index (χ3n) is 3.10. The van der Waals surface area contributed by atoms with E-state index in [1.54, 1.807) is 6.07 Å². The molecule has 0 spiro atoms. The number of hydrogen-bond acceptors (Lipinski definition) is 5. The summed E-state index contributed by atoms with van der Waals surface area (Å²) in [5.74, 6) is -0.607. The zero-order valence-corrected chi connectivity index (χ0v) is 11.2. The van der Waals surface area contributed by atoms with E-state index in [1.807, 2.05) is 18.2 Å². The fourth-order valence-corrected chi connectivity index (χ4v) is 3.20. The number of amides is 1. The van der Waals surface area contributed by atoms with Crippen LogP contribution >= 0.6 is 11.8 Å². The summed E-state index contributed by atoms with van der Waals surface area (Å²) in [5, 5.41) is 9.11. The Morgan fingerprint density at radius 1 is 1.30 bits per heavy atom. The second-order valence-electron chi connectivity index (χ2n) is 4.37. The average Bonchev–Trinajstić information content (AvgIpc) is 2.95. The SMILES string of the molecule is O=C(O)[C@@H]1CSCN1C(=O)c1cnc2ccccc2n1. The molecule has 102 valence electrons. The number of nitrogens with zero attached hydrogens (tertiary/aromatic N) is 3. The van der Waals surface area contributed by atoms with Crippen molar-refractivity contribution < 1.29 is 14.7 Å². The van der Waals surface area contributed by atoms with Crippen LogP contribution in [0.25, 0.3) is 11.0 Å². The normalized spacial score (nSPS) is 18.4. The van der Waals surface area contributed by atoms with Crippen LogP contribution in [-0.4, -0.2) is 49.5 Å². The largest absolute Gasteiger partial charge is 0.480 e. The monoisotopic (exact) mass is 289 g/mol. The van der Waals surface area contributed by atoms with Crippen molar-refractivity contribution in [1.82, 2.24) is 14.9 Å². The van der Waals surface area contributed by atoms with Crippen molar-refractivity contribution in [1.29, 1.82) is 0 Å². The maximum Gasteiger partial charge on any atom is 0.327 e. The van der Waals surface area contributed by atoms with Crippen LogP contribution in [-0.2, 0) is 4.79 Å². The number of thioether (sulfide) groups is 1. The summed E-state index contributed by atoms with van der Waals surface area (Å²) in [4.78, 5) is 33.2. The van der Waals surface area contributed by atoms with Crippen LogP contribution in [0.15, 0.2) is 30.5 Å². The van der Waals surface area contributed by atoms with Crippen molar-refractivity contribution >= 4 is 34.7 Å². The van der Waals surface area contributed by atoms with Crippen LogP contribution in [0.5, 0.6) is 0 Å². The minimum atomic E-state index is -0.989. The van der Waals surface area contributed by atoms with Gasteiger partial charge in [0, 0.05) is 5.75 Å². The second kappa shape index (κ2) is 5.09. The summed E-state index contributed by atoms with van der Waals surface area (Å²) in [5.41, 5.74) is 1.50. The smallest absolute Gasteiger partial charge is 0.327 e. The Kier molecular flexibility index (Phi) is 3.27. The number of carbonyl (C=O) groups is 2. The lowest BCUT2D eigenvalue weighted by molar-refractivity contribution is -0.140. The van der Waals surface area contributed by atoms with Crippen molar-refractivity contribution in [3.8, 4) is 0 Å². The molecule has 0 bridgehead atoms. The second-order valence-corrected chi connectivity index (χ2v) is 5.37. The zero-order valence-electron chi connectivity index (χ0n) is 10.4. The third-order valence-corrected chi connectivity index (χ3v) is 4.11. The van der Waals surface area contributed by atoms with Crippen LogP contribution in [0, 0.1) is 0 Å². The minimum absolute atomic E-state index is 0.178. The van der Waals surface area contributed by atoms with E-state index in [0.29, 0.717) is 22.7 Å². The van der Waals surface area contributed by atoms with E-state index in [2.05, 4.69) is 9.97 Å². The number of carboxylic acids is 1. The number of para-hydroxylation sites is 2. The summed E-state index contributed by atoms with van der Waals surface area (Å²) in [6.45, 7) is 0. The third kappa shape index (κ3) is 2.20. The van der Waals surface area contributed by atoms with Gasteiger partial charge in [0.15, 0.2) is 0 Å². The van der Waals surface area contributed by atoms with Gasteiger partial charge in [-0.15, -0.1) is 11.8 Å². The highest BCUT2D eigenvalue weighted by molar-refractivity contribution is 7.99. The first-order chi connectivity index (χ1) is 9.66. The Labute approximate surface area is 118 Å². The number of rotatable bonds is 2. The fraction of sp³-hybridized carbons (Fsp3) is 0.231. The number of aliphatic carboxylic acids is 1. The molecule has 2 heterocycles. The highest BCUT2D eigenvalue weighted by Gasteiger charge is 2.35. The number of fused-ring (bicyclic) bond motifs is 1. The van der Waals surface area contributed by atoms with Crippen LogP contribution in [0.4, 0.5) is 0 Å². The molecule has 1 aliphatic heterocycles. The Morgan fingerprint density at radius 2 is 2.05 bits per heavy atom. The van der Waals surface area contributed by atoms with E-state index >= 15 is 0 Å². The molecule has 1 amide bonds. The summed E-state index contributed by atoms with van der Waals surface area (Å²) in [7, 11) is 0. The number of hydrogen-bond donors (Lipinski definition) is 1. The molecule has 1 fully saturated rings. The van der Waals surface area contributed by atoms with Crippen LogP contribution < -0.4 is 0 Å². The lowest BCUT2D eigenvalue weighted by Crippen LogP contribution is -2.42. The van der Waals surface area contributed by atoms with E-state index in [0.717, 1.165) is 0 Å². The predicted molar refractivity (Wildman–Crippen MR) is 74.5 cm³/mol. The predicted octanol–water partition coefficient (Wildman–Crippen LogP) is 1.23. The topological polar surface area (TPSA) is 83.4 Å². The standard InChI is InChI=1S/C13H11N3O3S/c17-12(16-7-20-6-11(16)13(18)19)10-5-14-8-3-1-2-4-9(8)15-10/h1-5,11H,6-7H2,(H,18,19)/t11-/m0/s1. The van der Waals surface area contributed by atoms with Gasteiger partial charge >= 0.3 is 5.97 Å². The Balaban J connectivity index is 1.94. The van der Waals surface area contributed by atoms with Gasteiger partial charge in [-0.1, -0.05) is 12.1 Å². The maximum absolute atomic E-state index is 12.4. The van der Waals surface area contributed by atoms with E-state index in [4.69, 9.17) is 5.11 Å². The van der Waals surface area contributed by atoms with Crippen molar-refractivity contribution in [2.75, 3.05) is 11.6 Å². The zero-order chi connectivity index (χ0) is 14.1. The minimum Gasteiger partial charge on any atom is -0.480 e. The highest BCUT2D eigenvalue weighted by Crippen LogP contribution is 2.23. The molecule has 1 atom stereocenters. The lowest BCUT2D eigenvalue weighted by Gasteiger charge is -2.19. The Morgan fingerprint density at radius 3 is 2.80 bits per heavy atom. The first kappa shape index (κ1) is 12.9. The van der Waals surface area contributed by atoms with Gasteiger partial charge in [-0.05, 0) is 12.1 Å². The van der Waals surface area contributed by atoms with Crippen LogP contribution in [0.3, 0.4) is 0 Å². The van der Waals surface area contributed by atoms with Gasteiger partial charge < -0.3 is 10.0 Å². The molecule has 20 heavy (non-hydrogen) atoms.